The molecule has 0 N–H and O–H groups in total. The Morgan fingerprint density at radius 1 is 1.06 bits per heavy atom. The molecule has 0 saturated carbocycles. The van der Waals surface area contributed by atoms with Gasteiger partial charge in [0.2, 0.25) is 5.28 Å². The van der Waals surface area contributed by atoms with Crippen molar-refractivity contribution in [3.63, 3.8) is 0 Å². The van der Waals surface area contributed by atoms with Gasteiger partial charge in [-0.15, -0.1) is 0 Å². The summed E-state index contributed by atoms with van der Waals surface area (Å²) in [5.41, 5.74) is 3.29. The Morgan fingerprint density at radius 2 is 1.82 bits per heavy atom. The fourth-order valence-corrected chi connectivity index (χ4v) is 2.89. The van der Waals surface area contributed by atoms with Gasteiger partial charge in [0.15, 0.2) is 0 Å². The zero-order valence-electron chi connectivity index (χ0n) is 9.03. The molecular formula is C13H10Cl2N2. The van der Waals surface area contributed by atoms with Gasteiger partial charge in [0.1, 0.15) is 5.15 Å². The quantitative estimate of drug-likeness (QED) is 0.578. The molecule has 1 aromatic carbocycles. The summed E-state index contributed by atoms with van der Waals surface area (Å²) in [6.45, 7) is 0. The first-order chi connectivity index (χ1) is 8.25. The predicted molar refractivity (Wildman–Crippen MR) is 68.7 cm³/mol. The topological polar surface area (TPSA) is 25.8 Å². The van der Waals surface area contributed by atoms with E-state index in [2.05, 4.69) is 22.1 Å². The largest absolute Gasteiger partial charge is 0.224 e. The van der Waals surface area contributed by atoms with E-state index in [0.29, 0.717) is 11.1 Å². The highest BCUT2D eigenvalue weighted by Gasteiger charge is 2.28. The van der Waals surface area contributed by atoms with Crippen LogP contribution in [0.15, 0.2) is 30.3 Å². The molecule has 0 aliphatic heterocycles. The third-order valence-corrected chi connectivity index (χ3v) is 3.66. The van der Waals surface area contributed by atoms with Crippen LogP contribution >= 0.6 is 23.2 Å². The van der Waals surface area contributed by atoms with E-state index in [1.54, 1.807) is 0 Å². The molecule has 1 aromatic heterocycles. The highest BCUT2D eigenvalue weighted by Crippen LogP contribution is 2.39. The maximum Gasteiger partial charge on any atom is 0.224 e. The van der Waals surface area contributed by atoms with E-state index >= 15 is 0 Å². The van der Waals surface area contributed by atoms with Crippen molar-refractivity contribution >= 4 is 23.2 Å². The molecule has 0 amide bonds. The van der Waals surface area contributed by atoms with Gasteiger partial charge in [-0.25, -0.2) is 9.97 Å². The predicted octanol–water partition coefficient (Wildman–Crippen LogP) is 3.86. The first-order valence-electron chi connectivity index (χ1n) is 5.52. The van der Waals surface area contributed by atoms with Crippen molar-refractivity contribution in [3.05, 3.63) is 57.6 Å². The van der Waals surface area contributed by atoms with Crippen molar-refractivity contribution in [2.45, 2.75) is 18.8 Å². The Balaban J connectivity index is 2.10. The normalized spacial score (nSPS) is 18.1. The summed E-state index contributed by atoms with van der Waals surface area (Å²) >= 11 is 12.0. The summed E-state index contributed by atoms with van der Waals surface area (Å²) in [6.07, 6.45) is 1.94. The summed E-state index contributed by atoms with van der Waals surface area (Å²) in [5, 5.41) is 0.731. The molecule has 0 fully saturated rings. The fourth-order valence-electron chi connectivity index (χ4n) is 2.40. The molecule has 2 nitrogen and oxygen atoms in total. The lowest BCUT2D eigenvalue weighted by atomic mass is 9.97. The lowest BCUT2D eigenvalue weighted by Gasteiger charge is -2.11. The molecule has 86 valence electrons. The average molecular weight is 265 g/mol. The van der Waals surface area contributed by atoms with Crippen LogP contribution in [0, 0.1) is 0 Å². The van der Waals surface area contributed by atoms with Crippen LogP contribution in [0.3, 0.4) is 0 Å². The number of rotatable bonds is 1. The van der Waals surface area contributed by atoms with Crippen molar-refractivity contribution in [1.82, 2.24) is 9.97 Å². The second-order valence-electron chi connectivity index (χ2n) is 4.15. The molecule has 4 heteroatoms. The summed E-state index contributed by atoms with van der Waals surface area (Å²) < 4.78 is 0. The highest BCUT2D eigenvalue weighted by molar-refractivity contribution is 6.32. The van der Waals surface area contributed by atoms with E-state index in [4.69, 9.17) is 23.2 Å². The maximum absolute atomic E-state index is 6.09. The van der Waals surface area contributed by atoms with E-state index in [1.165, 1.54) is 5.56 Å². The molecular weight excluding hydrogens is 255 g/mol. The minimum atomic E-state index is 0.233. The number of nitrogens with zero attached hydrogens (tertiary/aromatic N) is 2. The number of hydrogen-bond acceptors (Lipinski definition) is 2. The fraction of sp³-hybridized carbons (Fsp3) is 0.231. The lowest BCUT2D eigenvalue weighted by Crippen LogP contribution is -2.00. The number of aromatic nitrogens is 2. The molecule has 0 bridgehead atoms. The molecule has 0 radical (unpaired) electrons. The molecule has 2 aromatic rings. The standard InChI is InChI=1S/C13H10Cl2N2/c14-12-10-7-6-9(8-4-2-1-3-5-8)11(10)16-13(15)17-12/h1-5,9H,6-7H2/t9-/m0/s1. The smallest absolute Gasteiger partial charge is 0.222 e. The van der Waals surface area contributed by atoms with Gasteiger partial charge in [0.25, 0.3) is 0 Å². The second kappa shape index (κ2) is 4.28. The van der Waals surface area contributed by atoms with Gasteiger partial charge in [-0.2, -0.15) is 0 Å². The number of fused-ring (bicyclic) bond motifs is 1. The molecule has 0 spiro atoms. The molecule has 3 rings (SSSR count). The van der Waals surface area contributed by atoms with Gasteiger partial charge < -0.3 is 0 Å². The maximum atomic E-state index is 6.09. The van der Waals surface area contributed by atoms with Crippen LogP contribution in [0.1, 0.15) is 29.2 Å². The van der Waals surface area contributed by atoms with Crippen molar-refractivity contribution in [2.75, 3.05) is 0 Å². The summed E-state index contributed by atoms with van der Waals surface area (Å²) in [7, 11) is 0. The minimum Gasteiger partial charge on any atom is -0.222 e. The summed E-state index contributed by atoms with van der Waals surface area (Å²) in [4.78, 5) is 8.34. The zero-order chi connectivity index (χ0) is 11.8. The molecule has 1 aliphatic rings. The van der Waals surface area contributed by atoms with Crippen LogP contribution in [-0.4, -0.2) is 9.97 Å². The Morgan fingerprint density at radius 3 is 2.59 bits per heavy atom. The van der Waals surface area contributed by atoms with Gasteiger partial charge in [-0.1, -0.05) is 41.9 Å². The second-order valence-corrected chi connectivity index (χ2v) is 4.85. The first kappa shape index (κ1) is 11.0. The van der Waals surface area contributed by atoms with Crippen molar-refractivity contribution in [1.29, 1.82) is 0 Å². The van der Waals surface area contributed by atoms with Gasteiger partial charge in [-0.05, 0) is 30.0 Å². The van der Waals surface area contributed by atoms with E-state index < -0.39 is 0 Å². The van der Waals surface area contributed by atoms with Crippen molar-refractivity contribution in [3.8, 4) is 0 Å². The van der Waals surface area contributed by atoms with Gasteiger partial charge in [0.05, 0.1) is 5.69 Å². The zero-order valence-corrected chi connectivity index (χ0v) is 10.5. The van der Waals surface area contributed by atoms with Crippen LogP contribution < -0.4 is 0 Å². The van der Waals surface area contributed by atoms with Crippen LogP contribution in [-0.2, 0) is 6.42 Å². The van der Waals surface area contributed by atoms with Crippen molar-refractivity contribution in [2.24, 2.45) is 0 Å². The van der Waals surface area contributed by atoms with E-state index in [0.717, 1.165) is 24.1 Å². The monoisotopic (exact) mass is 264 g/mol. The number of benzene rings is 1. The first-order valence-corrected chi connectivity index (χ1v) is 6.28. The SMILES string of the molecule is Clc1nc(Cl)c2c(n1)[C@H](c1ccccc1)CC2. The third kappa shape index (κ3) is 1.92. The van der Waals surface area contributed by atoms with Crippen LogP contribution in [0.2, 0.25) is 10.4 Å². The Kier molecular flexibility index (Phi) is 2.77. The Labute approximate surface area is 110 Å². The number of halogens is 2. The van der Waals surface area contributed by atoms with Crippen LogP contribution in [0.25, 0.3) is 0 Å². The van der Waals surface area contributed by atoms with Crippen LogP contribution in [0.4, 0.5) is 0 Å². The van der Waals surface area contributed by atoms with Crippen molar-refractivity contribution < 1.29 is 0 Å². The number of hydrogen-bond donors (Lipinski definition) is 0. The van der Waals surface area contributed by atoms with E-state index in [-0.39, 0.29) is 5.28 Å². The van der Waals surface area contributed by atoms with Gasteiger partial charge in [-0.3, -0.25) is 0 Å². The molecule has 17 heavy (non-hydrogen) atoms. The molecule has 0 saturated heterocycles. The van der Waals surface area contributed by atoms with Gasteiger partial charge >= 0.3 is 0 Å². The minimum absolute atomic E-state index is 0.233. The molecule has 0 unspecified atom stereocenters. The molecule has 1 aliphatic carbocycles. The summed E-state index contributed by atoms with van der Waals surface area (Å²) in [5.74, 6) is 0.296. The highest BCUT2D eigenvalue weighted by atomic mass is 35.5. The molecule has 1 atom stereocenters. The van der Waals surface area contributed by atoms with Crippen LogP contribution in [0.5, 0.6) is 0 Å². The Hall–Kier alpha value is -1.12. The third-order valence-electron chi connectivity index (χ3n) is 3.18. The Bertz CT molecular complexity index is 555. The van der Waals surface area contributed by atoms with E-state index in [9.17, 15) is 0 Å². The van der Waals surface area contributed by atoms with E-state index in [1.807, 2.05) is 18.2 Å². The summed E-state index contributed by atoms with van der Waals surface area (Å²) in [6, 6.07) is 10.3. The average Bonchev–Trinajstić information content (AvgIpc) is 2.74. The molecule has 1 heterocycles. The lowest BCUT2D eigenvalue weighted by molar-refractivity contribution is 0.771. The van der Waals surface area contributed by atoms with Gasteiger partial charge in [0, 0.05) is 11.5 Å².